The topological polar surface area (TPSA) is 63.2 Å². The molecule has 5 nitrogen and oxygen atoms in total. The van der Waals surface area contributed by atoms with Crippen LogP contribution in [-0.4, -0.2) is 24.5 Å². The molecule has 0 fully saturated rings. The first kappa shape index (κ1) is 15.0. The van der Waals surface area contributed by atoms with E-state index in [4.69, 9.17) is 4.74 Å². The number of benzene rings is 1. The maximum Gasteiger partial charge on any atom is 0.234 e. The first-order valence-corrected chi connectivity index (χ1v) is 6.79. The largest absolute Gasteiger partial charge is 0.496 e. The van der Waals surface area contributed by atoms with Crippen molar-refractivity contribution in [1.82, 2.24) is 15.6 Å². The minimum Gasteiger partial charge on any atom is -0.496 e. The Hall–Kier alpha value is -2.40. The molecule has 0 saturated carbocycles. The van der Waals surface area contributed by atoms with E-state index in [0.717, 1.165) is 17.0 Å². The molecule has 1 aromatic heterocycles. The zero-order valence-corrected chi connectivity index (χ0v) is 12.0. The summed E-state index contributed by atoms with van der Waals surface area (Å²) < 4.78 is 5.24. The average molecular weight is 285 g/mol. The number of pyridine rings is 1. The van der Waals surface area contributed by atoms with Crippen molar-refractivity contribution >= 4 is 5.91 Å². The van der Waals surface area contributed by atoms with Crippen molar-refractivity contribution in [3.05, 3.63) is 59.9 Å². The number of hydrogen-bond acceptors (Lipinski definition) is 4. The molecule has 5 heteroatoms. The van der Waals surface area contributed by atoms with Gasteiger partial charge in [-0.1, -0.05) is 24.3 Å². The highest BCUT2D eigenvalue weighted by Gasteiger charge is 2.04. The Morgan fingerprint density at radius 2 is 1.95 bits per heavy atom. The molecule has 0 aliphatic heterocycles. The van der Waals surface area contributed by atoms with Crippen LogP contribution in [0, 0.1) is 0 Å². The third-order valence-corrected chi connectivity index (χ3v) is 2.99. The van der Waals surface area contributed by atoms with Crippen molar-refractivity contribution in [2.24, 2.45) is 0 Å². The first-order chi connectivity index (χ1) is 10.3. The molecule has 0 spiro atoms. The van der Waals surface area contributed by atoms with Crippen LogP contribution in [0.4, 0.5) is 0 Å². The molecule has 0 unspecified atom stereocenters. The lowest BCUT2D eigenvalue weighted by atomic mass is 10.2. The van der Waals surface area contributed by atoms with Gasteiger partial charge < -0.3 is 15.4 Å². The Morgan fingerprint density at radius 3 is 2.71 bits per heavy atom. The van der Waals surface area contributed by atoms with Gasteiger partial charge in [-0.3, -0.25) is 9.78 Å². The van der Waals surface area contributed by atoms with Crippen molar-refractivity contribution in [2.75, 3.05) is 13.7 Å². The minimum atomic E-state index is -0.0585. The number of nitrogens with one attached hydrogen (secondary N) is 2. The first-order valence-electron chi connectivity index (χ1n) is 6.79. The number of nitrogens with zero attached hydrogens (tertiary/aromatic N) is 1. The number of amides is 1. The molecule has 1 amide bonds. The van der Waals surface area contributed by atoms with E-state index >= 15 is 0 Å². The summed E-state index contributed by atoms with van der Waals surface area (Å²) in [4.78, 5) is 16.0. The zero-order valence-electron chi connectivity index (χ0n) is 12.0. The fourth-order valence-corrected chi connectivity index (χ4v) is 1.91. The van der Waals surface area contributed by atoms with E-state index in [2.05, 4.69) is 15.6 Å². The Balaban J connectivity index is 1.72. The average Bonchev–Trinajstić information content (AvgIpc) is 2.54. The lowest BCUT2D eigenvalue weighted by Gasteiger charge is -2.10. The van der Waals surface area contributed by atoms with Gasteiger partial charge in [-0.2, -0.15) is 0 Å². The van der Waals surface area contributed by atoms with Crippen molar-refractivity contribution in [3.63, 3.8) is 0 Å². The predicted octanol–water partition coefficient (Wildman–Crippen LogP) is 1.50. The molecule has 21 heavy (non-hydrogen) atoms. The van der Waals surface area contributed by atoms with Crippen LogP contribution >= 0.6 is 0 Å². The molecule has 2 rings (SSSR count). The minimum absolute atomic E-state index is 0.0585. The summed E-state index contributed by atoms with van der Waals surface area (Å²) in [6.07, 6.45) is 1.73. The normalized spacial score (nSPS) is 10.1. The smallest absolute Gasteiger partial charge is 0.234 e. The highest BCUT2D eigenvalue weighted by Crippen LogP contribution is 2.16. The Kier molecular flexibility index (Phi) is 5.72. The van der Waals surface area contributed by atoms with Gasteiger partial charge in [-0.15, -0.1) is 0 Å². The summed E-state index contributed by atoms with van der Waals surface area (Å²) in [7, 11) is 1.62. The van der Waals surface area contributed by atoms with Crippen molar-refractivity contribution in [3.8, 4) is 5.75 Å². The molecule has 0 bridgehead atoms. The number of aromatic nitrogens is 1. The van der Waals surface area contributed by atoms with Crippen molar-refractivity contribution < 1.29 is 9.53 Å². The van der Waals surface area contributed by atoms with E-state index in [1.165, 1.54) is 0 Å². The van der Waals surface area contributed by atoms with E-state index in [0.29, 0.717) is 13.1 Å². The molecule has 2 aromatic rings. The highest BCUT2D eigenvalue weighted by molar-refractivity contribution is 5.78. The number of ether oxygens (including phenoxy) is 1. The van der Waals surface area contributed by atoms with Crippen LogP contribution in [0.3, 0.4) is 0 Å². The molecule has 0 aliphatic rings. The molecule has 0 radical (unpaired) electrons. The van der Waals surface area contributed by atoms with Gasteiger partial charge in [0.2, 0.25) is 5.91 Å². The molecular formula is C16H19N3O2. The SMILES string of the molecule is COc1ccccc1CNC(=O)CNCc1ccccn1. The number of carbonyl (C=O) groups is 1. The monoisotopic (exact) mass is 285 g/mol. The summed E-state index contributed by atoms with van der Waals surface area (Å²) in [5.74, 6) is 0.719. The van der Waals surface area contributed by atoms with Crippen LogP contribution in [-0.2, 0) is 17.9 Å². The maximum absolute atomic E-state index is 11.8. The highest BCUT2D eigenvalue weighted by atomic mass is 16.5. The van der Waals surface area contributed by atoms with Crippen LogP contribution in [0.25, 0.3) is 0 Å². The molecule has 1 heterocycles. The van der Waals surface area contributed by atoms with Crippen LogP contribution in [0.15, 0.2) is 48.7 Å². The standard InChI is InChI=1S/C16H19N3O2/c1-21-15-8-3-2-6-13(15)10-19-16(20)12-17-11-14-7-4-5-9-18-14/h2-9,17H,10-12H2,1H3,(H,19,20). The number of hydrogen-bond donors (Lipinski definition) is 2. The fourth-order valence-electron chi connectivity index (χ4n) is 1.91. The van der Waals surface area contributed by atoms with E-state index < -0.39 is 0 Å². The molecule has 0 aliphatic carbocycles. The van der Waals surface area contributed by atoms with E-state index in [1.54, 1.807) is 13.3 Å². The van der Waals surface area contributed by atoms with Gasteiger partial charge >= 0.3 is 0 Å². The van der Waals surface area contributed by atoms with E-state index in [1.807, 2.05) is 42.5 Å². The van der Waals surface area contributed by atoms with Crippen LogP contribution < -0.4 is 15.4 Å². The molecule has 0 atom stereocenters. The van der Waals surface area contributed by atoms with Crippen molar-refractivity contribution in [1.29, 1.82) is 0 Å². The second-order valence-corrected chi connectivity index (χ2v) is 4.51. The Bertz CT molecular complexity index is 573. The second kappa shape index (κ2) is 8.01. The number of methoxy groups -OCH3 is 1. The number of para-hydroxylation sites is 1. The molecular weight excluding hydrogens is 266 g/mol. The van der Waals surface area contributed by atoms with Gasteiger partial charge in [0.1, 0.15) is 5.75 Å². The van der Waals surface area contributed by atoms with Gasteiger partial charge in [0, 0.05) is 24.8 Å². The summed E-state index contributed by atoms with van der Waals surface area (Å²) in [6.45, 7) is 1.28. The van der Waals surface area contributed by atoms with Crippen LogP contribution in [0.5, 0.6) is 5.75 Å². The maximum atomic E-state index is 11.8. The van der Waals surface area contributed by atoms with Gasteiger partial charge in [0.05, 0.1) is 19.3 Å². The summed E-state index contributed by atoms with van der Waals surface area (Å²) >= 11 is 0. The lowest BCUT2D eigenvalue weighted by molar-refractivity contribution is -0.120. The van der Waals surface area contributed by atoms with Gasteiger partial charge in [-0.25, -0.2) is 0 Å². The molecule has 2 N–H and O–H groups in total. The Labute approximate surface area is 124 Å². The van der Waals surface area contributed by atoms with E-state index in [9.17, 15) is 4.79 Å². The lowest BCUT2D eigenvalue weighted by Crippen LogP contribution is -2.33. The Morgan fingerprint density at radius 1 is 1.14 bits per heavy atom. The molecule has 110 valence electrons. The third kappa shape index (κ3) is 4.89. The number of rotatable bonds is 7. The van der Waals surface area contributed by atoms with Crippen molar-refractivity contribution in [2.45, 2.75) is 13.1 Å². The molecule has 1 aromatic carbocycles. The van der Waals surface area contributed by atoms with Gasteiger partial charge in [0.25, 0.3) is 0 Å². The zero-order chi connectivity index (χ0) is 14.9. The second-order valence-electron chi connectivity index (χ2n) is 4.51. The van der Waals surface area contributed by atoms with Gasteiger partial charge in [0.15, 0.2) is 0 Å². The summed E-state index contributed by atoms with van der Waals surface area (Å²) in [5.41, 5.74) is 1.87. The quantitative estimate of drug-likeness (QED) is 0.809. The summed E-state index contributed by atoms with van der Waals surface area (Å²) in [6, 6.07) is 13.3. The van der Waals surface area contributed by atoms with Crippen LogP contribution in [0.2, 0.25) is 0 Å². The number of carbonyl (C=O) groups excluding carboxylic acids is 1. The third-order valence-electron chi connectivity index (χ3n) is 2.99. The molecule has 0 saturated heterocycles. The van der Waals surface area contributed by atoms with E-state index in [-0.39, 0.29) is 12.5 Å². The summed E-state index contributed by atoms with van der Waals surface area (Å²) in [5, 5.41) is 5.92. The fraction of sp³-hybridized carbons (Fsp3) is 0.250. The van der Waals surface area contributed by atoms with Gasteiger partial charge in [-0.05, 0) is 18.2 Å². The predicted molar refractivity (Wildman–Crippen MR) is 80.8 cm³/mol. The van der Waals surface area contributed by atoms with Crippen LogP contribution in [0.1, 0.15) is 11.3 Å².